The van der Waals surface area contributed by atoms with Gasteiger partial charge < -0.3 is 9.84 Å². The number of carbonyl (C=O) groups excluding carboxylic acids is 1. The lowest BCUT2D eigenvalue weighted by atomic mass is 9.86. The minimum absolute atomic E-state index is 0.00489. The number of hydrogen-bond acceptors (Lipinski definition) is 3. The summed E-state index contributed by atoms with van der Waals surface area (Å²) in [6.07, 6.45) is 3.67. The van der Waals surface area contributed by atoms with E-state index in [1.165, 1.54) is 5.56 Å². The zero-order chi connectivity index (χ0) is 18.5. The summed E-state index contributed by atoms with van der Waals surface area (Å²) in [5.41, 5.74) is 4.80. The average Bonchev–Trinajstić information content (AvgIpc) is 3.02. The van der Waals surface area contributed by atoms with Crippen LogP contribution in [0.5, 0.6) is 0 Å². The van der Waals surface area contributed by atoms with Crippen molar-refractivity contribution in [3.05, 3.63) is 77.1 Å². The quantitative estimate of drug-likeness (QED) is 0.813. The number of benzene rings is 2. The minimum Gasteiger partial charge on any atom is -0.508 e. The SMILES string of the molecule is CCc1cc(-c2ccc(C)cc2)ccc1C1=C(O)[C@@]2(C)C=C[C@@H](O2)C1=O. The van der Waals surface area contributed by atoms with Crippen LogP contribution in [-0.2, 0) is 16.0 Å². The van der Waals surface area contributed by atoms with E-state index in [9.17, 15) is 9.90 Å². The number of ether oxygens (including phenoxy) is 1. The Morgan fingerprint density at radius 3 is 2.50 bits per heavy atom. The van der Waals surface area contributed by atoms with E-state index in [4.69, 9.17) is 4.74 Å². The Morgan fingerprint density at radius 2 is 1.81 bits per heavy atom. The van der Waals surface area contributed by atoms with Gasteiger partial charge >= 0.3 is 0 Å². The van der Waals surface area contributed by atoms with Crippen LogP contribution in [0.25, 0.3) is 16.7 Å². The van der Waals surface area contributed by atoms with Crippen LogP contribution in [0.15, 0.2) is 60.4 Å². The Balaban J connectivity index is 1.83. The van der Waals surface area contributed by atoms with Gasteiger partial charge in [-0.25, -0.2) is 0 Å². The van der Waals surface area contributed by atoms with Crippen LogP contribution < -0.4 is 0 Å². The predicted molar refractivity (Wildman–Crippen MR) is 103 cm³/mol. The van der Waals surface area contributed by atoms with Crippen LogP contribution in [0, 0.1) is 6.92 Å². The number of carbonyl (C=O) groups is 1. The molecule has 0 radical (unpaired) electrons. The van der Waals surface area contributed by atoms with Crippen LogP contribution >= 0.6 is 0 Å². The molecule has 2 aromatic carbocycles. The topological polar surface area (TPSA) is 46.5 Å². The summed E-state index contributed by atoms with van der Waals surface area (Å²) < 4.78 is 5.67. The summed E-state index contributed by atoms with van der Waals surface area (Å²) in [5.74, 6) is -0.170. The van der Waals surface area contributed by atoms with Gasteiger partial charge in [0.25, 0.3) is 0 Å². The molecule has 3 nitrogen and oxygen atoms in total. The third kappa shape index (κ3) is 2.51. The van der Waals surface area contributed by atoms with Gasteiger partial charge in [0.05, 0.1) is 5.57 Å². The van der Waals surface area contributed by atoms with Gasteiger partial charge in [-0.1, -0.05) is 55.0 Å². The van der Waals surface area contributed by atoms with Crippen LogP contribution in [-0.4, -0.2) is 22.6 Å². The van der Waals surface area contributed by atoms with E-state index in [0.717, 1.165) is 28.7 Å². The van der Waals surface area contributed by atoms with Crippen LogP contribution in [0.4, 0.5) is 0 Å². The van der Waals surface area contributed by atoms with Crippen LogP contribution in [0.3, 0.4) is 0 Å². The number of hydrogen-bond donors (Lipinski definition) is 1. The van der Waals surface area contributed by atoms with Crippen molar-refractivity contribution in [2.45, 2.75) is 38.9 Å². The molecule has 2 aromatic rings. The molecule has 2 heterocycles. The third-order valence-corrected chi connectivity index (χ3v) is 5.31. The molecule has 2 atom stereocenters. The van der Waals surface area contributed by atoms with E-state index in [0.29, 0.717) is 5.57 Å². The molecule has 4 rings (SSSR count). The highest BCUT2D eigenvalue weighted by Crippen LogP contribution is 2.42. The molecule has 3 heteroatoms. The highest BCUT2D eigenvalue weighted by molar-refractivity contribution is 6.25. The van der Waals surface area contributed by atoms with Gasteiger partial charge in [0.15, 0.2) is 5.78 Å². The largest absolute Gasteiger partial charge is 0.508 e. The van der Waals surface area contributed by atoms with Gasteiger partial charge in [-0.3, -0.25) is 4.79 Å². The first-order valence-electron chi connectivity index (χ1n) is 8.98. The summed E-state index contributed by atoms with van der Waals surface area (Å²) in [7, 11) is 0. The Hall–Kier alpha value is -2.65. The van der Waals surface area contributed by atoms with Crippen molar-refractivity contribution < 1.29 is 14.6 Å². The number of rotatable bonds is 3. The maximum absolute atomic E-state index is 12.8. The van der Waals surface area contributed by atoms with Crippen molar-refractivity contribution in [1.82, 2.24) is 0 Å². The smallest absolute Gasteiger partial charge is 0.199 e. The summed E-state index contributed by atoms with van der Waals surface area (Å²) in [6.45, 7) is 5.92. The highest BCUT2D eigenvalue weighted by atomic mass is 16.5. The number of aliphatic hydroxyl groups excluding tert-OH is 1. The van der Waals surface area contributed by atoms with Crippen molar-refractivity contribution in [2.75, 3.05) is 0 Å². The normalized spacial score (nSPS) is 24.4. The zero-order valence-electron chi connectivity index (χ0n) is 15.2. The van der Waals surface area contributed by atoms with Gasteiger partial charge in [0.1, 0.15) is 17.5 Å². The Labute approximate surface area is 153 Å². The first-order chi connectivity index (χ1) is 12.4. The van der Waals surface area contributed by atoms with Crippen LogP contribution in [0.2, 0.25) is 0 Å². The maximum atomic E-state index is 12.8. The fraction of sp³-hybridized carbons (Fsp3) is 0.261. The molecule has 0 aliphatic carbocycles. The molecule has 2 aliphatic rings. The Kier molecular flexibility index (Phi) is 3.85. The molecule has 0 fully saturated rings. The summed E-state index contributed by atoms with van der Waals surface area (Å²) in [6, 6.07) is 14.5. The second-order valence-corrected chi connectivity index (χ2v) is 7.18. The van der Waals surface area contributed by atoms with Gasteiger partial charge in [-0.2, -0.15) is 0 Å². The molecule has 132 valence electrons. The molecule has 0 saturated heterocycles. The Bertz CT molecular complexity index is 950. The first-order valence-corrected chi connectivity index (χ1v) is 8.98. The number of Topliss-reactive ketones (excluding diaryl/α,β-unsaturated/α-hetero) is 1. The predicted octanol–water partition coefficient (Wildman–Crippen LogP) is 4.79. The van der Waals surface area contributed by atoms with E-state index >= 15 is 0 Å². The number of fused-ring (bicyclic) bond motifs is 2. The molecule has 0 aromatic heterocycles. The van der Waals surface area contributed by atoms with E-state index in [1.54, 1.807) is 19.1 Å². The fourth-order valence-corrected chi connectivity index (χ4v) is 3.71. The van der Waals surface area contributed by atoms with Crippen molar-refractivity contribution in [2.24, 2.45) is 0 Å². The van der Waals surface area contributed by atoms with Crippen molar-refractivity contribution in [3.63, 3.8) is 0 Å². The molecule has 0 amide bonds. The first kappa shape index (κ1) is 16.8. The highest BCUT2D eigenvalue weighted by Gasteiger charge is 2.46. The van der Waals surface area contributed by atoms with Gasteiger partial charge in [-0.05, 0) is 54.7 Å². The standard InChI is InChI=1S/C23H22O3/c1-4-15-13-17(16-7-5-14(2)6-8-16)9-10-18(15)20-21(24)19-11-12-23(3,26-19)22(20)25/h5-13,19,25H,4H2,1-3H3/t19-,23-/m1/s1. The van der Waals surface area contributed by atoms with E-state index in [2.05, 4.69) is 44.2 Å². The maximum Gasteiger partial charge on any atom is 0.199 e. The lowest BCUT2D eigenvalue weighted by molar-refractivity contribution is -0.128. The van der Waals surface area contributed by atoms with Crippen LogP contribution in [0.1, 0.15) is 30.5 Å². The summed E-state index contributed by atoms with van der Waals surface area (Å²) >= 11 is 0. The third-order valence-electron chi connectivity index (χ3n) is 5.31. The molecule has 0 spiro atoms. The molecular weight excluding hydrogens is 324 g/mol. The number of aliphatic hydroxyl groups is 1. The molecule has 1 N–H and O–H groups in total. The average molecular weight is 346 g/mol. The monoisotopic (exact) mass is 346 g/mol. The lowest BCUT2D eigenvalue weighted by Crippen LogP contribution is -2.38. The molecular formula is C23H22O3. The summed E-state index contributed by atoms with van der Waals surface area (Å²) in [5, 5.41) is 10.8. The van der Waals surface area contributed by atoms with Crippen molar-refractivity contribution >= 4 is 11.4 Å². The van der Waals surface area contributed by atoms with E-state index < -0.39 is 11.7 Å². The second kappa shape index (κ2) is 5.96. The van der Waals surface area contributed by atoms with E-state index in [-0.39, 0.29) is 11.5 Å². The van der Waals surface area contributed by atoms with Gasteiger partial charge in [0.2, 0.25) is 0 Å². The molecule has 0 saturated carbocycles. The minimum atomic E-state index is -0.908. The lowest BCUT2D eigenvalue weighted by Gasteiger charge is -2.31. The zero-order valence-corrected chi connectivity index (χ0v) is 15.2. The van der Waals surface area contributed by atoms with E-state index in [1.807, 2.05) is 12.1 Å². The molecule has 26 heavy (non-hydrogen) atoms. The van der Waals surface area contributed by atoms with Crippen molar-refractivity contribution in [3.8, 4) is 11.1 Å². The molecule has 2 bridgehead atoms. The summed E-state index contributed by atoms with van der Waals surface area (Å²) in [4.78, 5) is 12.8. The Morgan fingerprint density at radius 1 is 1.12 bits per heavy atom. The van der Waals surface area contributed by atoms with Gasteiger partial charge in [0, 0.05) is 0 Å². The second-order valence-electron chi connectivity index (χ2n) is 7.18. The van der Waals surface area contributed by atoms with Crippen molar-refractivity contribution in [1.29, 1.82) is 0 Å². The molecule has 2 aliphatic heterocycles. The number of aryl methyl sites for hydroxylation is 2. The van der Waals surface area contributed by atoms with Gasteiger partial charge in [-0.15, -0.1) is 0 Å². The molecule has 0 unspecified atom stereocenters. The number of ketones is 1. The fourth-order valence-electron chi connectivity index (χ4n) is 3.71.